The summed E-state index contributed by atoms with van der Waals surface area (Å²) in [6.07, 6.45) is 0.945. The molecule has 0 amide bonds. The monoisotopic (exact) mass is 314 g/mol. The highest BCUT2D eigenvalue weighted by Crippen LogP contribution is 2.38. The third-order valence-electron chi connectivity index (χ3n) is 4.45. The Balaban J connectivity index is 1.89. The van der Waals surface area contributed by atoms with Crippen molar-refractivity contribution in [1.82, 2.24) is 4.90 Å². The van der Waals surface area contributed by atoms with Crippen molar-refractivity contribution in [3.05, 3.63) is 65.5 Å². The number of benzene rings is 2. The second-order valence-corrected chi connectivity index (χ2v) is 6.40. The molecular weight excluding hydrogens is 291 g/mol. The van der Waals surface area contributed by atoms with E-state index in [0.29, 0.717) is 18.9 Å². The highest BCUT2D eigenvalue weighted by atomic mass is 19.1. The summed E-state index contributed by atoms with van der Waals surface area (Å²) in [5.74, 6) is -0.0281. The van der Waals surface area contributed by atoms with Gasteiger partial charge in [-0.05, 0) is 36.7 Å². The molecule has 0 unspecified atom stereocenters. The van der Waals surface area contributed by atoms with Crippen LogP contribution in [0, 0.1) is 5.82 Å². The fraction of sp³-hybridized carbons (Fsp3) is 0.368. The minimum atomic E-state index is -0.329. The van der Waals surface area contributed by atoms with Gasteiger partial charge in [0, 0.05) is 25.0 Å². The quantitative estimate of drug-likeness (QED) is 0.891. The Hall–Kier alpha value is -1.91. The smallest absolute Gasteiger partial charge is 0.165 e. The molecule has 1 fully saturated rings. The highest BCUT2D eigenvalue weighted by Gasteiger charge is 2.42. The van der Waals surface area contributed by atoms with E-state index in [4.69, 9.17) is 10.5 Å². The first-order valence-corrected chi connectivity index (χ1v) is 7.98. The van der Waals surface area contributed by atoms with E-state index in [-0.39, 0.29) is 11.2 Å². The lowest BCUT2D eigenvalue weighted by Gasteiger charge is -2.49. The van der Waals surface area contributed by atoms with Gasteiger partial charge in [0.1, 0.15) is 6.61 Å². The molecular formula is C19H23FN2O. The predicted molar refractivity (Wildman–Crippen MR) is 90.3 cm³/mol. The van der Waals surface area contributed by atoms with Crippen LogP contribution in [0.3, 0.4) is 0 Å². The largest absolute Gasteiger partial charge is 0.489 e. The number of ether oxygens (including phenoxy) is 1. The first kappa shape index (κ1) is 16.0. The van der Waals surface area contributed by atoms with Crippen LogP contribution in [0.15, 0.2) is 48.5 Å². The molecule has 2 aromatic carbocycles. The molecule has 23 heavy (non-hydrogen) atoms. The molecule has 0 aromatic heterocycles. The van der Waals surface area contributed by atoms with Gasteiger partial charge in [-0.25, -0.2) is 4.39 Å². The zero-order valence-corrected chi connectivity index (χ0v) is 13.5. The van der Waals surface area contributed by atoms with E-state index in [2.05, 4.69) is 36.2 Å². The van der Waals surface area contributed by atoms with Gasteiger partial charge >= 0.3 is 0 Å². The van der Waals surface area contributed by atoms with Gasteiger partial charge in [0.15, 0.2) is 11.6 Å². The Morgan fingerprint density at radius 2 is 1.91 bits per heavy atom. The molecule has 0 spiro atoms. The van der Waals surface area contributed by atoms with Crippen molar-refractivity contribution in [2.45, 2.75) is 11.8 Å². The Kier molecular flexibility index (Phi) is 4.64. The zero-order chi connectivity index (χ0) is 16.3. The molecule has 0 saturated carbocycles. The van der Waals surface area contributed by atoms with Crippen molar-refractivity contribution < 1.29 is 9.13 Å². The molecule has 0 radical (unpaired) electrons. The van der Waals surface area contributed by atoms with Gasteiger partial charge in [-0.15, -0.1) is 0 Å². The molecule has 2 N–H and O–H groups in total. The molecule has 0 aliphatic carbocycles. The summed E-state index contributed by atoms with van der Waals surface area (Å²) in [7, 11) is 2.11. The summed E-state index contributed by atoms with van der Waals surface area (Å²) in [6, 6.07) is 15.7. The molecule has 1 aliphatic rings. The van der Waals surface area contributed by atoms with Gasteiger partial charge in [-0.2, -0.15) is 0 Å². The summed E-state index contributed by atoms with van der Waals surface area (Å²) >= 11 is 0. The number of hydrogen-bond acceptors (Lipinski definition) is 3. The molecule has 1 aliphatic heterocycles. The topological polar surface area (TPSA) is 38.5 Å². The number of nitrogens with zero attached hydrogens (tertiary/aromatic N) is 1. The van der Waals surface area contributed by atoms with Crippen molar-refractivity contribution in [2.24, 2.45) is 5.73 Å². The Labute approximate surface area is 136 Å². The number of halogens is 1. The van der Waals surface area contributed by atoms with Crippen LogP contribution >= 0.6 is 0 Å². The average molecular weight is 314 g/mol. The maximum absolute atomic E-state index is 13.9. The van der Waals surface area contributed by atoms with Crippen LogP contribution in [0.1, 0.15) is 11.1 Å². The van der Waals surface area contributed by atoms with Crippen LogP contribution in [0.2, 0.25) is 0 Å². The number of rotatable bonds is 6. The summed E-state index contributed by atoms with van der Waals surface area (Å²) < 4.78 is 19.4. The van der Waals surface area contributed by atoms with Crippen LogP contribution in [0.4, 0.5) is 4.39 Å². The lowest BCUT2D eigenvalue weighted by molar-refractivity contribution is 0.0928. The zero-order valence-electron chi connectivity index (χ0n) is 13.5. The van der Waals surface area contributed by atoms with Crippen molar-refractivity contribution in [3.63, 3.8) is 0 Å². The molecule has 1 heterocycles. The van der Waals surface area contributed by atoms with E-state index >= 15 is 0 Å². The van der Waals surface area contributed by atoms with Gasteiger partial charge in [0.05, 0.1) is 0 Å². The third-order valence-corrected chi connectivity index (χ3v) is 4.45. The van der Waals surface area contributed by atoms with Crippen LogP contribution in [0.25, 0.3) is 0 Å². The van der Waals surface area contributed by atoms with Crippen LogP contribution < -0.4 is 10.5 Å². The van der Waals surface area contributed by atoms with E-state index in [1.807, 2.05) is 18.2 Å². The predicted octanol–water partition coefficient (Wildman–Crippen LogP) is 2.59. The SMILES string of the molecule is CN1CC(Cc2ccccc2)(c2ccc(F)c(OCCN)c2)C1. The summed E-state index contributed by atoms with van der Waals surface area (Å²) in [5, 5.41) is 0. The summed E-state index contributed by atoms with van der Waals surface area (Å²) in [4.78, 5) is 2.28. The normalized spacial score (nSPS) is 16.8. The number of hydrogen-bond donors (Lipinski definition) is 1. The molecule has 0 bridgehead atoms. The lowest BCUT2D eigenvalue weighted by atomic mass is 9.70. The van der Waals surface area contributed by atoms with Crippen LogP contribution in [-0.2, 0) is 11.8 Å². The summed E-state index contributed by atoms with van der Waals surface area (Å²) in [6.45, 7) is 2.63. The van der Waals surface area contributed by atoms with Crippen molar-refractivity contribution >= 4 is 0 Å². The van der Waals surface area contributed by atoms with Gasteiger partial charge in [0.25, 0.3) is 0 Å². The third kappa shape index (κ3) is 3.38. The number of likely N-dealkylation sites (N-methyl/N-ethyl adjacent to an activating group) is 1. The lowest BCUT2D eigenvalue weighted by Crippen LogP contribution is -2.58. The first-order valence-electron chi connectivity index (χ1n) is 7.98. The van der Waals surface area contributed by atoms with Crippen LogP contribution in [0.5, 0.6) is 5.75 Å². The van der Waals surface area contributed by atoms with Gasteiger partial charge in [0.2, 0.25) is 0 Å². The maximum atomic E-state index is 13.9. The molecule has 3 rings (SSSR count). The Bertz CT molecular complexity index is 654. The van der Waals surface area contributed by atoms with Gasteiger partial charge in [-0.1, -0.05) is 36.4 Å². The van der Waals surface area contributed by atoms with Gasteiger partial charge < -0.3 is 15.4 Å². The van der Waals surface area contributed by atoms with Crippen molar-refractivity contribution in [1.29, 1.82) is 0 Å². The number of likely N-dealkylation sites (tertiary alicyclic amines) is 1. The molecule has 1 saturated heterocycles. The fourth-order valence-electron chi connectivity index (χ4n) is 3.48. The highest BCUT2D eigenvalue weighted by molar-refractivity contribution is 5.39. The van der Waals surface area contributed by atoms with E-state index in [9.17, 15) is 4.39 Å². The minimum absolute atomic E-state index is 0.0185. The molecule has 3 nitrogen and oxygen atoms in total. The second-order valence-electron chi connectivity index (χ2n) is 6.40. The standard InChI is InChI=1S/C19H23FN2O/c1-22-13-19(14-22,12-15-5-3-2-4-6-15)16-7-8-17(20)18(11-16)23-10-9-21/h2-8,11H,9-10,12-14,21H2,1H3. The minimum Gasteiger partial charge on any atom is -0.489 e. The van der Waals surface area contributed by atoms with Gasteiger partial charge in [-0.3, -0.25) is 0 Å². The van der Waals surface area contributed by atoms with Crippen molar-refractivity contribution in [3.8, 4) is 5.75 Å². The fourth-order valence-corrected chi connectivity index (χ4v) is 3.48. The van der Waals surface area contributed by atoms with E-state index < -0.39 is 0 Å². The molecule has 122 valence electrons. The van der Waals surface area contributed by atoms with E-state index in [1.54, 1.807) is 0 Å². The average Bonchev–Trinajstić information content (AvgIpc) is 2.53. The second kappa shape index (κ2) is 6.69. The molecule has 2 aromatic rings. The first-order chi connectivity index (χ1) is 11.1. The number of nitrogens with two attached hydrogens (primary N) is 1. The van der Waals surface area contributed by atoms with Crippen LogP contribution in [-0.4, -0.2) is 38.2 Å². The summed E-state index contributed by atoms with van der Waals surface area (Å²) in [5.41, 5.74) is 7.90. The molecule has 4 heteroatoms. The Morgan fingerprint density at radius 3 is 2.57 bits per heavy atom. The van der Waals surface area contributed by atoms with E-state index in [1.165, 1.54) is 11.6 Å². The molecule has 0 atom stereocenters. The van der Waals surface area contributed by atoms with E-state index in [0.717, 1.165) is 25.1 Å². The Morgan fingerprint density at radius 1 is 1.17 bits per heavy atom. The van der Waals surface area contributed by atoms with Crippen molar-refractivity contribution in [2.75, 3.05) is 33.3 Å². The maximum Gasteiger partial charge on any atom is 0.165 e.